The average Bonchev–Trinajstić information content (AvgIpc) is 3.99. The van der Waals surface area contributed by atoms with Crippen molar-refractivity contribution in [3.8, 4) is 69.0 Å². The zero-order chi connectivity index (χ0) is 47.0. The lowest BCUT2D eigenvalue weighted by molar-refractivity contribution is 0.220. The number of hydrogen-bond acceptors (Lipinski definition) is 12. The van der Waals surface area contributed by atoms with E-state index in [1.807, 2.05) is 30.3 Å². The summed E-state index contributed by atoms with van der Waals surface area (Å²) < 4.78 is 19.9. The van der Waals surface area contributed by atoms with E-state index in [9.17, 15) is 46.0 Å². The third-order valence-corrected chi connectivity index (χ3v) is 13.0. The summed E-state index contributed by atoms with van der Waals surface area (Å²) in [6.45, 7) is 0. The van der Waals surface area contributed by atoms with Gasteiger partial charge in [0, 0.05) is 46.5 Å². The highest BCUT2D eigenvalue weighted by atomic mass is 16.5. The first-order valence-corrected chi connectivity index (χ1v) is 21.8. The monoisotopic (exact) mass is 906 g/mol. The molecule has 0 unspecified atom stereocenters. The molecule has 0 fully saturated rings. The number of fused-ring (bicyclic) bond motifs is 3. The van der Waals surface area contributed by atoms with E-state index in [4.69, 9.17) is 14.2 Å². The van der Waals surface area contributed by atoms with E-state index in [2.05, 4.69) is 0 Å². The van der Waals surface area contributed by atoms with Crippen molar-refractivity contribution in [2.24, 2.45) is 0 Å². The van der Waals surface area contributed by atoms with Crippen LogP contribution in [0.3, 0.4) is 0 Å². The highest BCUT2D eigenvalue weighted by Crippen LogP contribution is 2.59. The molecule has 8 aromatic rings. The lowest BCUT2D eigenvalue weighted by atomic mass is 9.76. The van der Waals surface area contributed by atoms with Gasteiger partial charge in [-0.1, -0.05) is 54.6 Å². The van der Waals surface area contributed by atoms with E-state index >= 15 is 0 Å². The summed E-state index contributed by atoms with van der Waals surface area (Å²) in [6, 6.07) is 40.9. The first kappa shape index (κ1) is 41.8. The van der Waals surface area contributed by atoms with Crippen LogP contribution in [0.25, 0.3) is 12.2 Å². The van der Waals surface area contributed by atoms with Gasteiger partial charge in [0.1, 0.15) is 87.3 Å². The van der Waals surface area contributed by atoms with Crippen molar-refractivity contribution in [3.05, 3.63) is 213 Å². The minimum atomic E-state index is -0.713. The molecule has 11 rings (SSSR count). The predicted octanol–water partition coefficient (Wildman–Crippen LogP) is 11.0. The van der Waals surface area contributed by atoms with Crippen LogP contribution in [0, 0.1) is 0 Å². The van der Waals surface area contributed by atoms with Gasteiger partial charge in [0.15, 0.2) is 0 Å². The van der Waals surface area contributed by atoms with Gasteiger partial charge >= 0.3 is 0 Å². The molecule has 3 aliphatic heterocycles. The number of benzene rings is 8. The SMILES string of the molecule is Oc1ccc([C@H]2Oc3cc(O)c(C=Cc4ccc5c(c4)[C@@H](c4cc(O)cc6c4[C@H](c4cc(O)cc(O)c4)[C@@H](c4ccc(O)cc4)O6)[C@H](c4ccc(O)cc4)O5)cc3[C@@H]2c2cc(O)cc(O)c2)cc1. The molecule has 12 heteroatoms. The number of phenols is 9. The molecule has 9 N–H and O–H groups in total. The number of phenolic OH excluding ortho intramolecular Hbond substituents is 9. The fourth-order valence-corrected chi connectivity index (χ4v) is 10.1. The van der Waals surface area contributed by atoms with Gasteiger partial charge < -0.3 is 60.2 Å². The van der Waals surface area contributed by atoms with Crippen molar-refractivity contribution in [1.29, 1.82) is 0 Å². The fraction of sp³-hybridized carbons (Fsp3) is 0.107. The summed E-state index contributed by atoms with van der Waals surface area (Å²) in [6.07, 6.45) is 1.62. The summed E-state index contributed by atoms with van der Waals surface area (Å²) in [5.41, 5.74) is 7.28. The second-order valence-electron chi connectivity index (χ2n) is 17.4. The third-order valence-electron chi connectivity index (χ3n) is 13.0. The van der Waals surface area contributed by atoms with Crippen LogP contribution in [0.4, 0.5) is 0 Å². The van der Waals surface area contributed by atoms with Crippen LogP contribution in [0.5, 0.6) is 69.0 Å². The summed E-state index contributed by atoms with van der Waals surface area (Å²) in [5.74, 6) is -0.861. The van der Waals surface area contributed by atoms with E-state index in [0.29, 0.717) is 56.2 Å². The molecule has 0 radical (unpaired) electrons. The third kappa shape index (κ3) is 7.47. The Bertz CT molecular complexity index is 3250. The Morgan fingerprint density at radius 1 is 0.309 bits per heavy atom. The van der Waals surface area contributed by atoms with Crippen molar-refractivity contribution >= 4 is 12.2 Å². The van der Waals surface area contributed by atoms with Gasteiger partial charge in [-0.2, -0.15) is 0 Å². The number of aromatic hydroxyl groups is 9. The Balaban J connectivity index is 1.02. The predicted molar refractivity (Wildman–Crippen MR) is 251 cm³/mol. The van der Waals surface area contributed by atoms with Gasteiger partial charge in [-0.3, -0.25) is 0 Å². The van der Waals surface area contributed by atoms with Crippen LogP contribution in [-0.4, -0.2) is 46.0 Å². The van der Waals surface area contributed by atoms with Crippen LogP contribution in [-0.2, 0) is 0 Å². The lowest BCUT2D eigenvalue weighted by Gasteiger charge is -2.26. The standard InChI is InChI=1S/C56H42O12/c57-35-10-4-29(5-11-35)54-50(33-18-38(60)23-39(61)19-33)44-22-32(46(65)27-48(44)67-54)3-1-28-2-16-47-43(17-28)52(56(66-47)31-8-14-37(59)15-9-31)45-25-42(64)26-49-53(45)51(34-20-40(62)24-41(63)21-34)55(68-49)30-6-12-36(58)13-7-30/h1-27,50-52,54-65H/t50-,51-,52-,54+,55+,56-/m0/s1. The number of rotatable bonds is 8. The van der Waals surface area contributed by atoms with E-state index in [1.54, 1.807) is 115 Å². The fourth-order valence-electron chi connectivity index (χ4n) is 10.1. The number of ether oxygens (including phenoxy) is 3. The normalized spacial score (nSPS) is 20.0. The van der Waals surface area contributed by atoms with Crippen LogP contribution in [0.2, 0.25) is 0 Å². The Morgan fingerprint density at radius 2 is 0.765 bits per heavy atom. The molecule has 0 saturated carbocycles. The quantitative estimate of drug-likeness (QED) is 0.0652. The Kier molecular flexibility index (Phi) is 9.96. The van der Waals surface area contributed by atoms with Gasteiger partial charge in [-0.05, 0) is 124 Å². The van der Waals surface area contributed by atoms with Crippen molar-refractivity contribution in [2.75, 3.05) is 0 Å². The van der Waals surface area contributed by atoms with E-state index in [1.165, 1.54) is 18.2 Å². The van der Waals surface area contributed by atoms with Crippen LogP contribution < -0.4 is 14.2 Å². The first-order chi connectivity index (χ1) is 32.8. The Labute approximate surface area is 389 Å². The van der Waals surface area contributed by atoms with Gasteiger partial charge in [0.25, 0.3) is 0 Å². The highest BCUT2D eigenvalue weighted by Gasteiger charge is 2.45. The molecule has 8 aromatic carbocycles. The average molecular weight is 907 g/mol. The molecule has 3 aliphatic rings. The molecule has 12 nitrogen and oxygen atoms in total. The maximum atomic E-state index is 11.4. The lowest BCUT2D eigenvalue weighted by Crippen LogP contribution is -2.16. The summed E-state index contributed by atoms with van der Waals surface area (Å²) in [5, 5.41) is 96.0. The second kappa shape index (κ2) is 16.2. The second-order valence-corrected chi connectivity index (χ2v) is 17.4. The molecule has 0 aliphatic carbocycles. The smallest absolute Gasteiger partial charge is 0.135 e. The van der Waals surface area contributed by atoms with Gasteiger partial charge in [0.2, 0.25) is 0 Å². The zero-order valence-electron chi connectivity index (χ0n) is 35.8. The van der Waals surface area contributed by atoms with Crippen LogP contribution in [0.1, 0.15) is 97.3 Å². The highest BCUT2D eigenvalue weighted by molar-refractivity contribution is 5.76. The molecule has 6 atom stereocenters. The Morgan fingerprint density at radius 3 is 1.32 bits per heavy atom. The van der Waals surface area contributed by atoms with E-state index in [-0.39, 0.29) is 51.7 Å². The molecule has 0 amide bonds. The molecular weight excluding hydrogens is 865 g/mol. The molecule has 0 aromatic heterocycles. The zero-order valence-corrected chi connectivity index (χ0v) is 35.8. The molecule has 0 spiro atoms. The van der Waals surface area contributed by atoms with Crippen LogP contribution >= 0.6 is 0 Å². The van der Waals surface area contributed by atoms with Crippen LogP contribution in [0.15, 0.2) is 152 Å². The topological polar surface area (TPSA) is 210 Å². The minimum Gasteiger partial charge on any atom is -0.508 e. The first-order valence-electron chi connectivity index (χ1n) is 21.8. The molecule has 68 heavy (non-hydrogen) atoms. The molecular formula is C56H42O12. The maximum Gasteiger partial charge on any atom is 0.135 e. The van der Waals surface area contributed by atoms with Crippen molar-refractivity contribution in [2.45, 2.75) is 36.1 Å². The summed E-state index contributed by atoms with van der Waals surface area (Å²) in [4.78, 5) is 0. The molecule has 0 bridgehead atoms. The van der Waals surface area contributed by atoms with E-state index in [0.717, 1.165) is 22.3 Å². The maximum absolute atomic E-state index is 11.4. The summed E-state index contributed by atoms with van der Waals surface area (Å²) in [7, 11) is 0. The largest absolute Gasteiger partial charge is 0.508 e. The minimum absolute atomic E-state index is 0.0545. The molecule has 0 saturated heterocycles. The number of hydrogen-bond donors (Lipinski definition) is 9. The van der Waals surface area contributed by atoms with Crippen molar-refractivity contribution < 1.29 is 60.2 Å². The molecule has 3 heterocycles. The van der Waals surface area contributed by atoms with Gasteiger partial charge in [0.05, 0.1) is 17.8 Å². The molecule has 338 valence electrons. The van der Waals surface area contributed by atoms with Crippen molar-refractivity contribution in [3.63, 3.8) is 0 Å². The Hall–Kier alpha value is -8.90. The summed E-state index contributed by atoms with van der Waals surface area (Å²) >= 11 is 0. The van der Waals surface area contributed by atoms with Crippen molar-refractivity contribution in [1.82, 2.24) is 0 Å². The van der Waals surface area contributed by atoms with Gasteiger partial charge in [-0.15, -0.1) is 0 Å². The van der Waals surface area contributed by atoms with E-state index < -0.39 is 36.1 Å². The van der Waals surface area contributed by atoms with Gasteiger partial charge in [-0.25, -0.2) is 0 Å².